The molecule has 29 heavy (non-hydrogen) atoms. The van der Waals surface area contributed by atoms with E-state index >= 15 is 0 Å². The molecule has 7 heteroatoms. The number of rotatable bonds is 13. The second-order valence-corrected chi connectivity index (χ2v) is 6.31. The molecule has 1 atom stereocenters. The SMILES string of the molecule is C=C(C)C(=O)OCCOCCOCCOc1cccc2c(OC(C)O)cccc12. The number of aliphatic hydroxyl groups excluding tert-OH is 1. The Labute approximate surface area is 170 Å². The Balaban J connectivity index is 1.66. The van der Waals surface area contributed by atoms with Crippen molar-refractivity contribution in [1.29, 1.82) is 0 Å². The first-order chi connectivity index (χ1) is 14.0. The summed E-state index contributed by atoms with van der Waals surface area (Å²) in [5, 5.41) is 11.2. The molecule has 0 saturated heterocycles. The van der Waals surface area contributed by atoms with Crippen molar-refractivity contribution < 1.29 is 33.6 Å². The number of ether oxygens (including phenoxy) is 5. The molecule has 0 radical (unpaired) electrons. The van der Waals surface area contributed by atoms with Gasteiger partial charge in [0.2, 0.25) is 0 Å². The normalized spacial score (nSPS) is 11.8. The van der Waals surface area contributed by atoms with Gasteiger partial charge in [0.05, 0.1) is 26.4 Å². The van der Waals surface area contributed by atoms with Crippen LogP contribution in [0, 0.1) is 0 Å². The summed E-state index contributed by atoms with van der Waals surface area (Å²) in [6.07, 6.45) is -0.890. The second-order valence-electron chi connectivity index (χ2n) is 6.31. The van der Waals surface area contributed by atoms with Gasteiger partial charge in [-0.25, -0.2) is 4.79 Å². The molecule has 0 aromatic heterocycles. The van der Waals surface area contributed by atoms with E-state index in [-0.39, 0.29) is 6.61 Å². The van der Waals surface area contributed by atoms with Crippen LogP contribution in [0.1, 0.15) is 13.8 Å². The predicted octanol–water partition coefficient (Wildman–Crippen LogP) is 3.09. The summed E-state index contributed by atoms with van der Waals surface area (Å²) < 4.78 is 27.0. The fraction of sp³-hybridized carbons (Fsp3) is 0.409. The molecule has 0 fully saturated rings. The summed E-state index contributed by atoms with van der Waals surface area (Å²) >= 11 is 0. The second kappa shape index (κ2) is 12.1. The first-order valence-corrected chi connectivity index (χ1v) is 9.46. The fourth-order valence-corrected chi connectivity index (χ4v) is 2.51. The largest absolute Gasteiger partial charge is 0.491 e. The van der Waals surface area contributed by atoms with Crippen molar-refractivity contribution in [3.05, 3.63) is 48.6 Å². The predicted molar refractivity (Wildman–Crippen MR) is 109 cm³/mol. The summed E-state index contributed by atoms with van der Waals surface area (Å²) in [6.45, 7) is 8.78. The Morgan fingerprint density at radius 3 is 2.10 bits per heavy atom. The van der Waals surface area contributed by atoms with Crippen LogP contribution in [0.4, 0.5) is 0 Å². The molecular weight excluding hydrogens is 376 g/mol. The molecule has 158 valence electrons. The lowest BCUT2D eigenvalue weighted by Gasteiger charge is -2.14. The van der Waals surface area contributed by atoms with Gasteiger partial charge in [-0.2, -0.15) is 0 Å². The minimum absolute atomic E-state index is 0.191. The van der Waals surface area contributed by atoms with Gasteiger partial charge in [0.25, 0.3) is 0 Å². The van der Waals surface area contributed by atoms with Crippen LogP contribution in [0.2, 0.25) is 0 Å². The maximum atomic E-state index is 11.2. The van der Waals surface area contributed by atoms with Crippen molar-refractivity contribution in [2.75, 3.05) is 39.6 Å². The van der Waals surface area contributed by atoms with E-state index in [1.807, 2.05) is 30.3 Å². The van der Waals surface area contributed by atoms with Gasteiger partial charge in [-0.3, -0.25) is 0 Å². The van der Waals surface area contributed by atoms with Gasteiger partial charge in [0, 0.05) is 16.3 Å². The molecule has 0 amide bonds. The van der Waals surface area contributed by atoms with E-state index in [1.165, 1.54) is 0 Å². The minimum atomic E-state index is -0.890. The third-order valence-corrected chi connectivity index (χ3v) is 3.81. The van der Waals surface area contributed by atoms with E-state index in [0.717, 1.165) is 16.5 Å². The van der Waals surface area contributed by atoms with Crippen LogP contribution in [0.5, 0.6) is 11.5 Å². The average molecular weight is 404 g/mol. The van der Waals surface area contributed by atoms with E-state index in [2.05, 4.69) is 6.58 Å². The van der Waals surface area contributed by atoms with Gasteiger partial charge in [-0.1, -0.05) is 30.8 Å². The van der Waals surface area contributed by atoms with Gasteiger partial charge < -0.3 is 28.8 Å². The fourth-order valence-electron chi connectivity index (χ4n) is 2.51. The Hall–Kier alpha value is -2.61. The molecule has 1 N–H and O–H groups in total. The van der Waals surface area contributed by atoms with Gasteiger partial charge in [-0.15, -0.1) is 0 Å². The quantitative estimate of drug-likeness (QED) is 0.238. The zero-order valence-corrected chi connectivity index (χ0v) is 16.9. The lowest BCUT2D eigenvalue weighted by molar-refractivity contribution is -0.140. The number of benzene rings is 2. The Bertz CT molecular complexity index is 801. The van der Waals surface area contributed by atoms with Crippen molar-refractivity contribution in [2.45, 2.75) is 20.1 Å². The summed E-state index contributed by atoms with van der Waals surface area (Å²) in [4.78, 5) is 11.2. The Kier molecular flexibility index (Phi) is 9.43. The lowest BCUT2D eigenvalue weighted by atomic mass is 10.1. The molecule has 0 heterocycles. The lowest BCUT2D eigenvalue weighted by Crippen LogP contribution is -2.14. The Morgan fingerprint density at radius 2 is 1.48 bits per heavy atom. The standard InChI is InChI=1S/C22H28O7/c1-16(2)22(24)28-15-13-26-11-10-25-12-14-27-20-8-4-7-19-18(20)6-5-9-21(19)29-17(3)23/h4-9,17,23H,1,10-15H2,2-3H3. The first kappa shape index (κ1) is 22.7. The zero-order valence-electron chi connectivity index (χ0n) is 16.9. The van der Waals surface area contributed by atoms with Gasteiger partial charge in [-0.05, 0) is 26.0 Å². The molecular formula is C22H28O7. The highest BCUT2D eigenvalue weighted by atomic mass is 16.6. The van der Waals surface area contributed by atoms with Crippen LogP contribution in [0.3, 0.4) is 0 Å². The third kappa shape index (κ3) is 7.73. The molecule has 0 aliphatic heterocycles. The Morgan fingerprint density at radius 1 is 0.931 bits per heavy atom. The molecule has 0 spiro atoms. The summed E-state index contributed by atoms with van der Waals surface area (Å²) in [5.74, 6) is 0.906. The first-order valence-electron chi connectivity index (χ1n) is 9.46. The number of fused-ring (bicyclic) bond motifs is 1. The van der Waals surface area contributed by atoms with Crippen LogP contribution in [-0.4, -0.2) is 57.0 Å². The van der Waals surface area contributed by atoms with E-state index in [9.17, 15) is 9.90 Å². The number of hydrogen-bond acceptors (Lipinski definition) is 7. The number of hydrogen-bond donors (Lipinski definition) is 1. The number of carbonyl (C=O) groups is 1. The van der Waals surface area contributed by atoms with Gasteiger partial charge in [0.15, 0.2) is 6.29 Å². The van der Waals surface area contributed by atoms with E-state index in [1.54, 1.807) is 19.9 Å². The maximum Gasteiger partial charge on any atom is 0.333 e. The smallest absolute Gasteiger partial charge is 0.333 e. The van der Waals surface area contributed by atoms with Crippen molar-refractivity contribution in [3.63, 3.8) is 0 Å². The number of aliphatic hydroxyl groups is 1. The van der Waals surface area contributed by atoms with E-state index in [4.69, 9.17) is 23.7 Å². The van der Waals surface area contributed by atoms with Crippen molar-refractivity contribution in [1.82, 2.24) is 0 Å². The molecule has 0 aliphatic rings. The monoisotopic (exact) mass is 404 g/mol. The van der Waals surface area contributed by atoms with Gasteiger partial charge in [0.1, 0.15) is 24.7 Å². The number of esters is 1. The summed E-state index contributed by atoms with van der Waals surface area (Å²) in [7, 11) is 0. The summed E-state index contributed by atoms with van der Waals surface area (Å²) in [5.41, 5.74) is 0.367. The molecule has 2 rings (SSSR count). The molecule has 2 aromatic rings. The molecule has 2 aromatic carbocycles. The van der Waals surface area contributed by atoms with Crippen molar-refractivity contribution in [2.24, 2.45) is 0 Å². The molecule has 0 saturated carbocycles. The topological polar surface area (TPSA) is 83.5 Å². The van der Waals surface area contributed by atoms with Crippen LogP contribution < -0.4 is 9.47 Å². The molecule has 1 unspecified atom stereocenters. The van der Waals surface area contributed by atoms with Crippen LogP contribution in [0.25, 0.3) is 10.8 Å². The molecule has 0 aliphatic carbocycles. The average Bonchev–Trinajstić information content (AvgIpc) is 2.69. The van der Waals surface area contributed by atoms with Crippen LogP contribution >= 0.6 is 0 Å². The molecule has 0 bridgehead atoms. The minimum Gasteiger partial charge on any atom is -0.491 e. The van der Waals surface area contributed by atoms with Gasteiger partial charge >= 0.3 is 5.97 Å². The molecule has 7 nitrogen and oxygen atoms in total. The van der Waals surface area contributed by atoms with Crippen molar-refractivity contribution in [3.8, 4) is 11.5 Å². The van der Waals surface area contributed by atoms with Crippen LogP contribution in [0.15, 0.2) is 48.6 Å². The van der Waals surface area contributed by atoms with Crippen molar-refractivity contribution >= 4 is 16.7 Å². The maximum absolute atomic E-state index is 11.2. The van der Waals surface area contributed by atoms with E-state index in [0.29, 0.717) is 44.4 Å². The van der Waals surface area contributed by atoms with E-state index < -0.39 is 12.3 Å². The highest BCUT2D eigenvalue weighted by Crippen LogP contribution is 2.32. The summed E-state index contributed by atoms with van der Waals surface area (Å²) in [6, 6.07) is 11.3. The zero-order chi connectivity index (χ0) is 21.1. The van der Waals surface area contributed by atoms with Crippen LogP contribution in [-0.2, 0) is 19.0 Å². The number of carbonyl (C=O) groups excluding carboxylic acids is 1. The highest BCUT2D eigenvalue weighted by molar-refractivity contribution is 5.93. The highest BCUT2D eigenvalue weighted by Gasteiger charge is 2.08. The third-order valence-electron chi connectivity index (χ3n) is 3.81.